The third kappa shape index (κ3) is 4.51. The number of aliphatic hydroxyl groups excluding tert-OH is 1. The van der Waals surface area contributed by atoms with Crippen molar-refractivity contribution in [1.82, 2.24) is 4.31 Å². The molecule has 172 valence electrons. The van der Waals surface area contributed by atoms with Gasteiger partial charge in [0.15, 0.2) is 0 Å². The van der Waals surface area contributed by atoms with Crippen molar-refractivity contribution in [1.29, 1.82) is 5.26 Å². The average molecular weight is 472 g/mol. The van der Waals surface area contributed by atoms with Gasteiger partial charge in [-0.05, 0) is 42.5 Å². The number of ether oxygens (including phenoxy) is 2. The minimum atomic E-state index is -4.75. The first-order chi connectivity index (χ1) is 14.9. The SMILES string of the molecule is COc1ccc(O[C@H]2CN(S(=O)(=O)c3ccc(C(F)(F)F)cc3C#N)C[C@@]2(O)CO)cc1. The van der Waals surface area contributed by atoms with Crippen LogP contribution in [-0.2, 0) is 16.2 Å². The number of hydrogen-bond acceptors (Lipinski definition) is 7. The highest BCUT2D eigenvalue weighted by Crippen LogP contribution is 2.35. The number of hydrogen-bond donors (Lipinski definition) is 2. The average Bonchev–Trinajstić information content (AvgIpc) is 3.10. The van der Waals surface area contributed by atoms with Gasteiger partial charge in [0.1, 0.15) is 29.3 Å². The number of benzene rings is 2. The Morgan fingerprint density at radius 1 is 1.22 bits per heavy atom. The Hall–Kier alpha value is -2.85. The quantitative estimate of drug-likeness (QED) is 0.657. The number of rotatable bonds is 6. The Morgan fingerprint density at radius 2 is 1.84 bits per heavy atom. The van der Waals surface area contributed by atoms with E-state index in [1.165, 1.54) is 25.3 Å². The van der Waals surface area contributed by atoms with Crippen LogP contribution >= 0.6 is 0 Å². The van der Waals surface area contributed by atoms with Crippen molar-refractivity contribution in [2.24, 2.45) is 0 Å². The van der Waals surface area contributed by atoms with E-state index in [0.717, 1.165) is 4.31 Å². The summed E-state index contributed by atoms with van der Waals surface area (Å²) in [5, 5.41) is 29.7. The van der Waals surface area contributed by atoms with E-state index in [1.54, 1.807) is 12.1 Å². The third-order valence-corrected chi connectivity index (χ3v) is 6.95. The van der Waals surface area contributed by atoms with E-state index < -0.39 is 63.6 Å². The van der Waals surface area contributed by atoms with E-state index in [0.29, 0.717) is 23.9 Å². The van der Waals surface area contributed by atoms with Crippen LogP contribution in [0.2, 0.25) is 0 Å². The Labute approximate surface area is 182 Å². The summed E-state index contributed by atoms with van der Waals surface area (Å²) in [4.78, 5) is -0.640. The number of nitrogens with zero attached hydrogens (tertiary/aromatic N) is 2. The molecule has 8 nitrogen and oxygen atoms in total. The van der Waals surface area contributed by atoms with E-state index in [1.807, 2.05) is 0 Å². The molecule has 0 aliphatic carbocycles. The summed E-state index contributed by atoms with van der Waals surface area (Å²) in [7, 11) is -3.02. The molecule has 1 fully saturated rings. The zero-order valence-electron chi connectivity index (χ0n) is 16.7. The summed E-state index contributed by atoms with van der Waals surface area (Å²) in [5.74, 6) is 0.811. The molecule has 0 unspecified atom stereocenters. The van der Waals surface area contributed by atoms with E-state index in [9.17, 15) is 37.1 Å². The zero-order valence-corrected chi connectivity index (χ0v) is 17.5. The molecular formula is C20H19F3N2O6S. The fourth-order valence-electron chi connectivity index (χ4n) is 3.28. The number of alkyl halides is 3. The van der Waals surface area contributed by atoms with Crippen LogP contribution in [0.4, 0.5) is 13.2 Å². The number of halogens is 3. The standard InChI is InChI=1S/C20H19F3N2O6S/c1-30-15-3-5-16(6-4-15)31-18-10-25(11-19(18,27)12-26)32(28,29)17-7-2-14(20(21,22)23)8-13(17)9-24/h2-8,18,26-27H,10-12H2,1H3/t18-,19+/m0/s1. The fourth-order valence-corrected chi connectivity index (χ4v) is 4.91. The van der Waals surface area contributed by atoms with Crippen molar-refractivity contribution in [2.75, 3.05) is 26.8 Å². The molecule has 0 bridgehead atoms. The van der Waals surface area contributed by atoms with Gasteiger partial charge in [0.25, 0.3) is 0 Å². The van der Waals surface area contributed by atoms with E-state index >= 15 is 0 Å². The summed E-state index contributed by atoms with van der Waals surface area (Å²) in [6.07, 6.45) is -5.94. The van der Waals surface area contributed by atoms with Gasteiger partial charge < -0.3 is 19.7 Å². The number of nitriles is 1. The van der Waals surface area contributed by atoms with E-state index in [4.69, 9.17) is 9.47 Å². The molecule has 2 aromatic rings. The molecule has 12 heteroatoms. The number of aliphatic hydroxyl groups is 2. The van der Waals surface area contributed by atoms with Crippen molar-refractivity contribution in [3.05, 3.63) is 53.6 Å². The minimum absolute atomic E-state index is 0.272. The summed E-state index contributed by atoms with van der Waals surface area (Å²) in [6.45, 7) is -1.83. The van der Waals surface area contributed by atoms with Gasteiger partial charge in [-0.25, -0.2) is 8.42 Å². The zero-order chi connectivity index (χ0) is 23.7. The van der Waals surface area contributed by atoms with Gasteiger partial charge >= 0.3 is 6.18 Å². The van der Waals surface area contributed by atoms with Crippen LogP contribution in [0, 0.1) is 11.3 Å². The predicted molar refractivity (Wildman–Crippen MR) is 104 cm³/mol. The molecule has 32 heavy (non-hydrogen) atoms. The van der Waals surface area contributed by atoms with Crippen molar-refractivity contribution in [3.63, 3.8) is 0 Å². The molecule has 0 aromatic heterocycles. The Morgan fingerprint density at radius 3 is 2.38 bits per heavy atom. The van der Waals surface area contributed by atoms with Gasteiger partial charge in [-0.3, -0.25) is 0 Å². The van der Waals surface area contributed by atoms with Crippen molar-refractivity contribution < 1.29 is 41.3 Å². The van der Waals surface area contributed by atoms with Gasteiger partial charge in [-0.15, -0.1) is 0 Å². The van der Waals surface area contributed by atoms with Crippen LogP contribution in [0.3, 0.4) is 0 Å². The summed E-state index contributed by atoms with van der Waals surface area (Å²) in [6, 6.07) is 9.40. The second-order valence-electron chi connectivity index (χ2n) is 7.16. The monoisotopic (exact) mass is 472 g/mol. The van der Waals surface area contributed by atoms with Gasteiger partial charge in [-0.2, -0.15) is 22.7 Å². The third-order valence-electron chi connectivity index (χ3n) is 5.08. The maximum absolute atomic E-state index is 13.1. The normalized spacial score (nSPS) is 21.8. The van der Waals surface area contributed by atoms with Crippen LogP contribution in [-0.4, -0.2) is 61.4 Å². The van der Waals surface area contributed by atoms with Crippen LogP contribution in [0.25, 0.3) is 0 Å². The van der Waals surface area contributed by atoms with Gasteiger partial charge in [0.2, 0.25) is 10.0 Å². The molecule has 0 saturated carbocycles. The molecule has 2 N–H and O–H groups in total. The maximum Gasteiger partial charge on any atom is 0.416 e. The molecule has 2 atom stereocenters. The highest BCUT2D eigenvalue weighted by Gasteiger charge is 2.51. The Bertz CT molecular complexity index is 1130. The summed E-state index contributed by atoms with van der Waals surface area (Å²) < 4.78 is 76.5. The first kappa shape index (κ1) is 23.8. The predicted octanol–water partition coefficient (Wildman–Crippen LogP) is 1.76. The lowest BCUT2D eigenvalue weighted by molar-refractivity contribution is -0.137. The molecule has 2 aromatic carbocycles. The molecule has 1 saturated heterocycles. The smallest absolute Gasteiger partial charge is 0.416 e. The van der Waals surface area contributed by atoms with Crippen molar-refractivity contribution in [2.45, 2.75) is 22.8 Å². The van der Waals surface area contributed by atoms with Crippen LogP contribution in [0.5, 0.6) is 11.5 Å². The molecule has 0 radical (unpaired) electrons. The molecule has 0 amide bonds. The molecule has 0 spiro atoms. The minimum Gasteiger partial charge on any atom is -0.497 e. The molecule has 1 aliphatic rings. The van der Waals surface area contributed by atoms with E-state index in [2.05, 4.69) is 0 Å². The number of methoxy groups -OCH3 is 1. The molecular weight excluding hydrogens is 453 g/mol. The number of sulfonamides is 1. The number of β-amino-alcohol motifs (C(OH)–C–C–N with tert-alkyl or cyclic N) is 1. The molecule has 1 heterocycles. The highest BCUT2D eigenvalue weighted by molar-refractivity contribution is 7.89. The van der Waals surface area contributed by atoms with Crippen LogP contribution < -0.4 is 9.47 Å². The second-order valence-corrected chi connectivity index (χ2v) is 9.07. The second kappa shape index (κ2) is 8.59. The van der Waals surface area contributed by atoms with Crippen LogP contribution in [0.1, 0.15) is 11.1 Å². The summed E-state index contributed by atoms with van der Waals surface area (Å²) in [5.41, 5.74) is -3.83. The summed E-state index contributed by atoms with van der Waals surface area (Å²) >= 11 is 0. The Balaban J connectivity index is 1.91. The first-order valence-corrected chi connectivity index (χ1v) is 10.6. The van der Waals surface area contributed by atoms with Gasteiger partial charge in [0.05, 0.1) is 36.3 Å². The lowest BCUT2D eigenvalue weighted by atomic mass is 10.0. The topological polar surface area (TPSA) is 120 Å². The molecule has 1 aliphatic heterocycles. The first-order valence-electron chi connectivity index (χ1n) is 9.20. The maximum atomic E-state index is 13.1. The van der Waals surface area contributed by atoms with Crippen molar-refractivity contribution in [3.8, 4) is 17.6 Å². The lowest BCUT2D eigenvalue weighted by Gasteiger charge is -2.27. The van der Waals surface area contributed by atoms with Crippen LogP contribution in [0.15, 0.2) is 47.4 Å². The van der Waals surface area contributed by atoms with Gasteiger partial charge in [0, 0.05) is 6.54 Å². The lowest BCUT2D eigenvalue weighted by Crippen LogP contribution is -2.48. The highest BCUT2D eigenvalue weighted by atomic mass is 32.2. The van der Waals surface area contributed by atoms with E-state index in [-0.39, 0.29) is 5.75 Å². The fraction of sp³-hybridized carbons (Fsp3) is 0.350. The largest absolute Gasteiger partial charge is 0.497 e. The van der Waals surface area contributed by atoms with Crippen molar-refractivity contribution >= 4 is 10.0 Å². The Kier molecular flexibility index (Phi) is 6.39. The van der Waals surface area contributed by atoms with Gasteiger partial charge in [-0.1, -0.05) is 0 Å². The molecule has 3 rings (SSSR count).